The summed E-state index contributed by atoms with van der Waals surface area (Å²) in [5, 5.41) is 6.69. The van der Waals surface area contributed by atoms with E-state index in [0.29, 0.717) is 31.1 Å². The van der Waals surface area contributed by atoms with E-state index >= 15 is 0 Å². The number of hydrogen-bond acceptors (Lipinski definition) is 8. The number of nitrogens with zero attached hydrogens (tertiary/aromatic N) is 4. The Hall–Kier alpha value is -1.76. The van der Waals surface area contributed by atoms with Crippen LogP contribution in [0.5, 0.6) is 0 Å². The molecule has 0 spiro atoms. The predicted octanol–water partition coefficient (Wildman–Crippen LogP) is 0.383. The highest BCUT2D eigenvalue weighted by molar-refractivity contribution is 14.1. The number of halogens is 1. The number of benzene rings is 1. The fourth-order valence-corrected chi connectivity index (χ4v) is 3.69. The van der Waals surface area contributed by atoms with Gasteiger partial charge in [-0.15, -0.1) is 0 Å². The molecule has 0 saturated carbocycles. The third-order valence-electron chi connectivity index (χ3n) is 4.98. The lowest BCUT2D eigenvalue weighted by atomic mass is 10.3. The lowest BCUT2D eigenvalue weighted by Gasteiger charge is -2.27. The van der Waals surface area contributed by atoms with Crippen LogP contribution in [0.15, 0.2) is 24.3 Å². The van der Waals surface area contributed by atoms with E-state index in [1.165, 1.54) is 3.57 Å². The minimum Gasteiger partial charge on any atom is -0.378 e. The molecule has 156 valence electrons. The fourth-order valence-electron chi connectivity index (χ4n) is 3.33. The molecule has 2 aromatic rings. The Morgan fingerprint density at radius 2 is 1.62 bits per heavy atom. The van der Waals surface area contributed by atoms with E-state index in [1.54, 1.807) is 4.90 Å². The average molecular weight is 512 g/mol. The second kappa shape index (κ2) is 10.3. The minimum absolute atomic E-state index is 0.545. The van der Waals surface area contributed by atoms with Crippen molar-refractivity contribution in [2.24, 2.45) is 0 Å². The highest BCUT2D eigenvalue weighted by Crippen LogP contribution is 2.19. The first-order chi connectivity index (χ1) is 14.3. The van der Waals surface area contributed by atoms with Crippen molar-refractivity contribution >= 4 is 46.1 Å². The summed E-state index contributed by atoms with van der Waals surface area (Å²) in [7, 11) is 0. The summed E-state index contributed by atoms with van der Waals surface area (Å²) in [6, 6.07) is 8.15. The Labute approximate surface area is 184 Å². The van der Waals surface area contributed by atoms with Crippen LogP contribution in [0, 0.1) is 3.57 Å². The smallest absolute Gasteiger partial charge is 0.233 e. The minimum atomic E-state index is 0.545. The molecule has 4 rings (SSSR count). The van der Waals surface area contributed by atoms with Gasteiger partial charge in [0.2, 0.25) is 17.8 Å². The van der Waals surface area contributed by atoms with Gasteiger partial charge in [0.1, 0.15) is 13.1 Å². The molecule has 2 fully saturated rings. The van der Waals surface area contributed by atoms with Gasteiger partial charge in [0.05, 0.1) is 39.5 Å². The summed E-state index contributed by atoms with van der Waals surface area (Å²) in [5.41, 5.74) is 0.952. The third-order valence-corrected chi connectivity index (χ3v) is 5.70. The van der Waals surface area contributed by atoms with Crippen molar-refractivity contribution in [3.8, 4) is 0 Å². The Balaban J connectivity index is 1.46. The van der Waals surface area contributed by atoms with Crippen LogP contribution in [0.2, 0.25) is 0 Å². The average Bonchev–Trinajstić information content (AvgIpc) is 2.77. The molecule has 0 amide bonds. The normalized spacial score (nSPS) is 17.9. The molecule has 2 aliphatic heterocycles. The van der Waals surface area contributed by atoms with Gasteiger partial charge in [0.25, 0.3) is 0 Å². The molecular formula is C19H27IN7O2+. The van der Waals surface area contributed by atoms with Crippen LogP contribution >= 0.6 is 22.6 Å². The Kier molecular flexibility index (Phi) is 7.30. The standard InChI is InChI=1S/C19H26IN7O2/c20-15-1-3-16(4-2-15)22-18-23-17(21-5-6-26-7-11-28-12-8-26)24-19(25-18)27-9-13-29-14-10-27/h1-4H,5-14H2,(H2,21,22,23,24,25)/p+1. The SMILES string of the molecule is Ic1ccc(Nc2nc(NCC[NH+]3CCOCC3)nc(N3CCOCC3)n2)cc1. The summed E-state index contributed by atoms with van der Waals surface area (Å²) in [4.78, 5) is 17.6. The van der Waals surface area contributed by atoms with Gasteiger partial charge in [-0.1, -0.05) is 0 Å². The van der Waals surface area contributed by atoms with E-state index in [0.717, 1.165) is 58.2 Å². The summed E-state index contributed by atoms with van der Waals surface area (Å²) in [5.74, 6) is 1.82. The fraction of sp³-hybridized carbons (Fsp3) is 0.526. The largest absolute Gasteiger partial charge is 0.378 e. The molecule has 0 atom stereocenters. The molecule has 9 nitrogen and oxygen atoms in total. The summed E-state index contributed by atoms with van der Waals surface area (Å²) >= 11 is 2.29. The Bertz CT molecular complexity index is 781. The van der Waals surface area contributed by atoms with Crippen LogP contribution < -0.4 is 20.4 Å². The van der Waals surface area contributed by atoms with E-state index in [4.69, 9.17) is 9.47 Å². The van der Waals surface area contributed by atoms with Crippen molar-refractivity contribution in [3.63, 3.8) is 0 Å². The van der Waals surface area contributed by atoms with Crippen LogP contribution in [-0.2, 0) is 9.47 Å². The van der Waals surface area contributed by atoms with Crippen molar-refractivity contribution in [2.75, 3.05) is 81.2 Å². The van der Waals surface area contributed by atoms with E-state index < -0.39 is 0 Å². The predicted molar refractivity (Wildman–Crippen MR) is 120 cm³/mol. The molecular weight excluding hydrogens is 485 g/mol. The quantitative estimate of drug-likeness (QED) is 0.460. The van der Waals surface area contributed by atoms with Crippen molar-refractivity contribution < 1.29 is 14.4 Å². The maximum atomic E-state index is 5.46. The molecule has 0 aliphatic carbocycles. The highest BCUT2D eigenvalue weighted by Gasteiger charge is 2.18. The zero-order chi connectivity index (χ0) is 19.9. The van der Waals surface area contributed by atoms with E-state index in [9.17, 15) is 0 Å². The summed E-state index contributed by atoms with van der Waals surface area (Å²) in [6.07, 6.45) is 0. The second-order valence-corrected chi connectivity index (χ2v) is 8.30. The molecule has 2 aliphatic rings. The maximum Gasteiger partial charge on any atom is 0.233 e. The topological polar surface area (TPSA) is 88.9 Å². The highest BCUT2D eigenvalue weighted by atomic mass is 127. The van der Waals surface area contributed by atoms with Gasteiger partial charge in [0, 0.05) is 22.3 Å². The van der Waals surface area contributed by atoms with Crippen LogP contribution in [0.1, 0.15) is 0 Å². The number of hydrogen-bond donors (Lipinski definition) is 3. The summed E-state index contributed by atoms with van der Waals surface area (Å²) < 4.78 is 12.1. The lowest BCUT2D eigenvalue weighted by Crippen LogP contribution is -3.14. The molecule has 0 radical (unpaired) electrons. The van der Waals surface area contributed by atoms with Gasteiger partial charge in [-0.05, 0) is 46.9 Å². The van der Waals surface area contributed by atoms with Crippen LogP contribution in [-0.4, -0.2) is 80.6 Å². The molecule has 3 heterocycles. The number of morpholine rings is 2. The number of quaternary nitrogens is 1. The number of ether oxygens (including phenoxy) is 2. The van der Waals surface area contributed by atoms with Crippen molar-refractivity contribution in [3.05, 3.63) is 27.8 Å². The zero-order valence-corrected chi connectivity index (χ0v) is 18.5. The maximum absolute atomic E-state index is 5.46. The van der Waals surface area contributed by atoms with E-state index in [-0.39, 0.29) is 0 Å². The van der Waals surface area contributed by atoms with Gasteiger partial charge < -0.3 is 29.9 Å². The van der Waals surface area contributed by atoms with Crippen LogP contribution in [0.4, 0.5) is 23.5 Å². The molecule has 1 aromatic heterocycles. The van der Waals surface area contributed by atoms with Crippen LogP contribution in [0.3, 0.4) is 0 Å². The molecule has 1 aromatic carbocycles. The molecule has 2 saturated heterocycles. The molecule has 0 bridgehead atoms. The van der Waals surface area contributed by atoms with Crippen molar-refractivity contribution in [1.29, 1.82) is 0 Å². The Morgan fingerprint density at radius 1 is 0.931 bits per heavy atom. The van der Waals surface area contributed by atoms with Gasteiger partial charge >= 0.3 is 0 Å². The lowest BCUT2D eigenvalue weighted by molar-refractivity contribution is -0.906. The van der Waals surface area contributed by atoms with Crippen molar-refractivity contribution in [1.82, 2.24) is 15.0 Å². The number of nitrogens with one attached hydrogen (secondary N) is 3. The van der Waals surface area contributed by atoms with E-state index in [1.807, 2.05) is 12.1 Å². The van der Waals surface area contributed by atoms with Gasteiger partial charge in [-0.2, -0.15) is 15.0 Å². The third kappa shape index (κ3) is 6.11. The first kappa shape index (κ1) is 20.5. The first-order valence-electron chi connectivity index (χ1n) is 10.0. The van der Waals surface area contributed by atoms with E-state index in [2.05, 4.69) is 65.2 Å². The van der Waals surface area contributed by atoms with Gasteiger partial charge in [-0.25, -0.2) is 0 Å². The zero-order valence-electron chi connectivity index (χ0n) is 16.4. The number of rotatable bonds is 7. The Morgan fingerprint density at radius 3 is 2.38 bits per heavy atom. The van der Waals surface area contributed by atoms with Crippen LogP contribution in [0.25, 0.3) is 0 Å². The second-order valence-electron chi connectivity index (χ2n) is 7.05. The number of anilines is 4. The molecule has 3 N–H and O–H groups in total. The molecule has 10 heteroatoms. The number of aromatic nitrogens is 3. The monoisotopic (exact) mass is 512 g/mol. The first-order valence-corrected chi connectivity index (χ1v) is 11.1. The molecule has 0 unspecified atom stereocenters. The van der Waals surface area contributed by atoms with Gasteiger partial charge in [-0.3, -0.25) is 0 Å². The van der Waals surface area contributed by atoms with Gasteiger partial charge in [0.15, 0.2) is 0 Å². The van der Waals surface area contributed by atoms with Crippen molar-refractivity contribution in [2.45, 2.75) is 0 Å². The summed E-state index contributed by atoms with van der Waals surface area (Å²) in [6.45, 7) is 8.55. The molecule has 29 heavy (non-hydrogen) atoms.